The van der Waals surface area contributed by atoms with Crippen LogP contribution in [0.3, 0.4) is 0 Å². The van der Waals surface area contributed by atoms with Crippen LogP contribution in [0.1, 0.15) is 58.6 Å². The minimum Gasteiger partial charge on any atom is -0.444 e. The number of amides is 3. The quantitative estimate of drug-likeness (QED) is 0.483. The molecule has 3 aliphatic heterocycles. The van der Waals surface area contributed by atoms with Gasteiger partial charge in [-0.15, -0.1) is 0 Å². The molecule has 3 heterocycles. The van der Waals surface area contributed by atoms with Gasteiger partial charge in [0.2, 0.25) is 21.8 Å². The van der Waals surface area contributed by atoms with Crippen LogP contribution in [0.4, 0.5) is 4.79 Å². The van der Waals surface area contributed by atoms with Crippen LogP contribution in [-0.4, -0.2) is 109 Å². The molecule has 1 aromatic carbocycles. The average Bonchev–Trinajstić information content (AvgIpc) is 3.61. The summed E-state index contributed by atoms with van der Waals surface area (Å²) >= 11 is 0. The van der Waals surface area contributed by atoms with Gasteiger partial charge in [0.1, 0.15) is 17.7 Å². The summed E-state index contributed by atoms with van der Waals surface area (Å²) in [5.74, 6) is -0.464. The molecule has 0 aliphatic carbocycles. The maximum absolute atomic E-state index is 13.6. The summed E-state index contributed by atoms with van der Waals surface area (Å²) in [6, 6.07) is 6.32. The number of hydrogen-bond donors (Lipinski definition) is 1. The van der Waals surface area contributed by atoms with E-state index < -0.39 is 39.8 Å². The van der Waals surface area contributed by atoms with Crippen LogP contribution in [-0.2, 0) is 24.3 Å². The summed E-state index contributed by atoms with van der Waals surface area (Å²) in [5.41, 5.74) is -0.0418. The highest BCUT2D eigenvalue weighted by Gasteiger charge is 2.52. The Morgan fingerprint density at radius 2 is 1.98 bits per heavy atom. The molecule has 3 fully saturated rings. The summed E-state index contributed by atoms with van der Waals surface area (Å²) < 4.78 is 31.9. The number of piperazine rings is 1. The summed E-state index contributed by atoms with van der Waals surface area (Å²) in [7, 11) is -0.674. The predicted octanol–water partition coefficient (Wildman–Crippen LogP) is 1.69. The van der Waals surface area contributed by atoms with Crippen LogP contribution >= 0.6 is 0 Å². The smallest absolute Gasteiger partial charge is 0.408 e. The molecule has 0 spiro atoms. The van der Waals surface area contributed by atoms with E-state index in [4.69, 9.17) is 4.74 Å². The molecule has 2 bridgehead atoms. The van der Waals surface area contributed by atoms with Crippen molar-refractivity contribution in [2.45, 2.75) is 87.7 Å². The third-order valence-electron chi connectivity index (χ3n) is 7.94. The van der Waals surface area contributed by atoms with Gasteiger partial charge >= 0.3 is 6.09 Å². The fourth-order valence-corrected chi connectivity index (χ4v) is 6.90. The van der Waals surface area contributed by atoms with Gasteiger partial charge < -0.3 is 19.9 Å². The average molecular weight is 589 g/mol. The number of fused-ring (bicyclic) bond motifs is 2. The van der Waals surface area contributed by atoms with Crippen molar-refractivity contribution in [2.75, 3.05) is 33.7 Å². The highest BCUT2D eigenvalue weighted by atomic mass is 32.2. The van der Waals surface area contributed by atoms with Gasteiger partial charge in [0.15, 0.2) is 0 Å². The topological polar surface area (TPSA) is 143 Å². The van der Waals surface area contributed by atoms with E-state index in [-0.39, 0.29) is 35.3 Å². The zero-order valence-corrected chi connectivity index (χ0v) is 25.3. The molecule has 3 saturated heterocycles. The number of benzene rings is 1. The van der Waals surface area contributed by atoms with Crippen molar-refractivity contribution >= 4 is 27.9 Å². The first-order chi connectivity index (χ1) is 19.1. The Morgan fingerprint density at radius 3 is 2.59 bits per heavy atom. The second-order valence-corrected chi connectivity index (χ2v) is 14.3. The monoisotopic (exact) mass is 588 g/mol. The predicted molar refractivity (Wildman–Crippen MR) is 150 cm³/mol. The number of nitrogens with one attached hydrogen (secondary N) is 1. The van der Waals surface area contributed by atoms with Crippen LogP contribution in [0.5, 0.6) is 0 Å². The maximum atomic E-state index is 13.6. The second kappa shape index (κ2) is 11.6. The molecule has 0 radical (unpaired) electrons. The Bertz CT molecular complexity index is 1340. The lowest BCUT2D eigenvalue weighted by Crippen LogP contribution is -2.59. The van der Waals surface area contributed by atoms with E-state index in [2.05, 4.69) is 11.4 Å². The molecule has 41 heavy (non-hydrogen) atoms. The molecule has 0 unspecified atom stereocenters. The van der Waals surface area contributed by atoms with E-state index in [1.165, 1.54) is 25.1 Å². The third kappa shape index (κ3) is 6.34. The number of ether oxygens (including phenoxy) is 1. The van der Waals surface area contributed by atoms with Gasteiger partial charge in [-0.05, 0) is 64.7 Å². The van der Waals surface area contributed by atoms with Gasteiger partial charge in [-0.3, -0.25) is 14.5 Å². The molecule has 12 nitrogen and oxygen atoms in total. The molecule has 1 N–H and O–H groups in total. The number of hydrogen-bond acceptors (Lipinski definition) is 8. The van der Waals surface area contributed by atoms with E-state index in [0.717, 1.165) is 9.87 Å². The zero-order valence-electron chi connectivity index (χ0n) is 24.5. The molecular weight excluding hydrogens is 548 g/mol. The number of carbonyl (C=O) groups excluding carboxylic acids is 3. The highest BCUT2D eigenvalue weighted by molar-refractivity contribution is 7.89. The van der Waals surface area contributed by atoms with Crippen molar-refractivity contribution in [3.8, 4) is 6.07 Å². The lowest BCUT2D eigenvalue weighted by atomic mass is 10.1. The molecule has 5 atom stereocenters. The number of rotatable bonds is 8. The summed E-state index contributed by atoms with van der Waals surface area (Å²) in [6.45, 7) is 8.12. The van der Waals surface area contributed by atoms with Crippen LogP contribution in [0, 0.1) is 11.3 Å². The van der Waals surface area contributed by atoms with Crippen LogP contribution in [0.25, 0.3) is 0 Å². The van der Waals surface area contributed by atoms with Crippen LogP contribution in [0.2, 0.25) is 0 Å². The van der Waals surface area contributed by atoms with E-state index in [1.54, 1.807) is 37.8 Å². The van der Waals surface area contributed by atoms with Gasteiger partial charge in [0.25, 0.3) is 0 Å². The molecule has 1 aromatic rings. The molecule has 3 amide bonds. The van der Waals surface area contributed by atoms with Gasteiger partial charge in [-0.25, -0.2) is 17.5 Å². The number of nitriles is 1. The standard InChI is InChI=1S/C28H40N6O6S/c1-18(19-9-7-11-22(13-19)41(38,39)31(5)6)34-21-14-24(26(34)36)32(16-21)17-23(30-27(37)40-28(2,3)4)25(35)33-12-8-10-20(33)15-29/h7,9,11,13,18,20-21,23-24H,8,10,12,14,16-17H2,1-6H3,(H,30,37)/t18-,20-,21-,23-,24-/m0/s1. The molecule has 13 heteroatoms. The Balaban J connectivity index is 1.50. The molecule has 0 aromatic heterocycles. The van der Waals surface area contributed by atoms with Crippen molar-refractivity contribution < 1.29 is 27.5 Å². The van der Waals surface area contributed by atoms with Crippen LogP contribution < -0.4 is 5.32 Å². The molecule has 4 rings (SSSR count). The summed E-state index contributed by atoms with van der Waals surface area (Å²) in [5, 5.41) is 12.2. The van der Waals surface area contributed by atoms with Crippen LogP contribution in [0.15, 0.2) is 29.2 Å². The summed E-state index contributed by atoms with van der Waals surface area (Å²) in [4.78, 5) is 45.2. The highest BCUT2D eigenvalue weighted by Crippen LogP contribution is 2.38. The Morgan fingerprint density at radius 1 is 1.27 bits per heavy atom. The van der Waals surface area contributed by atoms with Gasteiger partial charge in [-0.2, -0.15) is 5.26 Å². The number of alkyl carbamates (subject to hydrolysis) is 1. The molecular formula is C28H40N6O6S. The van der Waals surface area contributed by atoms with Crippen molar-refractivity contribution in [1.82, 2.24) is 24.3 Å². The van der Waals surface area contributed by atoms with Crippen molar-refractivity contribution in [2.24, 2.45) is 0 Å². The maximum Gasteiger partial charge on any atom is 0.408 e. The Labute approximate surface area is 242 Å². The number of likely N-dealkylation sites (tertiary alicyclic amines) is 3. The SMILES string of the molecule is C[C@@H](c1cccc(S(=O)(=O)N(C)C)c1)N1C(=O)[C@@H]2C[C@H]1CN2C[C@H](NC(=O)OC(C)(C)C)C(=O)N1CCC[C@H]1C#N. The van der Waals surface area contributed by atoms with Gasteiger partial charge in [0.05, 0.1) is 23.0 Å². The minimum absolute atomic E-state index is 0.103. The second-order valence-electron chi connectivity index (χ2n) is 12.2. The number of sulfonamides is 1. The van der Waals surface area contributed by atoms with E-state index >= 15 is 0 Å². The number of carbonyl (C=O) groups is 3. The summed E-state index contributed by atoms with van der Waals surface area (Å²) in [6.07, 6.45) is 1.12. The third-order valence-corrected chi connectivity index (χ3v) is 9.75. The largest absolute Gasteiger partial charge is 0.444 e. The molecule has 3 aliphatic rings. The zero-order chi connectivity index (χ0) is 30.3. The first kappa shape index (κ1) is 30.7. The fourth-order valence-electron chi connectivity index (χ4n) is 5.94. The normalized spacial score (nSPS) is 24.4. The molecule has 0 saturated carbocycles. The fraction of sp³-hybridized carbons (Fsp3) is 0.643. The Hall–Kier alpha value is -3.21. The molecule has 224 valence electrons. The van der Waals surface area contributed by atoms with E-state index in [9.17, 15) is 28.1 Å². The Kier molecular flexibility index (Phi) is 8.68. The van der Waals surface area contributed by atoms with Gasteiger partial charge in [-0.1, -0.05) is 12.1 Å². The van der Waals surface area contributed by atoms with E-state index in [0.29, 0.717) is 32.4 Å². The number of nitrogens with zero attached hydrogens (tertiary/aromatic N) is 5. The van der Waals surface area contributed by atoms with E-state index in [1.807, 2.05) is 17.9 Å². The van der Waals surface area contributed by atoms with Gasteiger partial charge in [0, 0.05) is 39.8 Å². The van der Waals surface area contributed by atoms with Crippen molar-refractivity contribution in [1.29, 1.82) is 5.26 Å². The van der Waals surface area contributed by atoms with Crippen molar-refractivity contribution in [3.63, 3.8) is 0 Å². The lowest BCUT2D eigenvalue weighted by Gasteiger charge is -2.39. The lowest BCUT2D eigenvalue weighted by molar-refractivity contribution is -0.141. The minimum atomic E-state index is -3.62. The first-order valence-electron chi connectivity index (χ1n) is 13.9. The first-order valence-corrected chi connectivity index (χ1v) is 15.4. The van der Waals surface area contributed by atoms with Crippen molar-refractivity contribution in [3.05, 3.63) is 29.8 Å².